The van der Waals surface area contributed by atoms with Gasteiger partial charge in [-0.25, -0.2) is 13.8 Å². The van der Waals surface area contributed by atoms with E-state index in [4.69, 9.17) is 5.73 Å². The number of alkyl halides is 2. The summed E-state index contributed by atoms with van der Waals surface area (Å²) < 4.78 is 25.2. The molecule has 0 bridgehead atoms. The monoisotopic (exact) mass is 376 g/mol. The Morgan fingerprint density at radius 2 is 2.21 bits per heavy atom. The van der Waals surface area contributed by atoms with Gasteiger partial charge >= 0.3 is 0 Å². The van der Waals surface area contributed by atoms with Crippen LogP contribution in [0.5, 0.6) is 0 Å². The van der Waals surface area contributed by atoms with Crippen molar-refractivity contribution in [2.75, 3.05) is 0 Å². The first kappa shape index (κ1) is 11.8. The zero-order valence-corrected chi connectivity index (χ0v) is 10.3. The molecule has 1 amide bonds. The van der Waals surface area contributed by atoms with E-state index < -0.39 is 12.3 Å². The lowest BCUT2D eigenvalue weighted by molar-refractivity contribution is 0.0993. The van der Waals surface area contributed by atoms with Gasteiger partial charge in [-0.3, -0.25) is 4.79 Å². The molecule has 1 aromatic rings. The molecule has 0 aliphatic heterocycles. The van der Waals surface area contributed by atoms with E-state index in [1.807, 2.05) is 0 Å². The first-order valence-corrected chi connectivity index (χ1v) is 5.24. The van der Waals surface area contributed by atoms with Crippen LogP contribution in [0.1, 0.15) is 22.5 Å². The fourth-order valence-corrected chi connectivity index (χ4v) is 1.98. The van der Waals surface area contributed by atoms with Gasteiger partial charge in [-0.1, -0.05) is 0 Å². The number of primary amides is 1. The zero-order valence-electron chi connectivity index (χ0n) is 6.60. The maximum absolute atomic E-state index is 12.4. The Kier molecular flexibility index (Phi) is 3.76. The summed E-state index contributed by atoms with van der Waals surface area (Å²) in [6.07, 6.45) is -1.69. The van der Waals surface area contributed by atoms with E-state index >= 15 is 0 Å². The Hall–Kier alpha value is -0.310. The zero-order chi connectivity index (χ0) is 10.9. The molecule has 1 rings (SSSR count). The number of amides is 1. The van der Waals surface area contributed by atoms with Crippen LogP contribution >= 0.6 is 38.5 Å². The first-order valence-electron chi connectivity index (χ1n) is 3.37. The van der Waals surface area contributed by atoms with Crippen molar-refractivity contribution in [3.05, 3.63) is 25.5 Å². The summed E-state index contributed by atoms with van der Waals surface area (Å²) >= 11 is 4.70. The Morgan fingerprint density at radius 3 is 2.64 bits per heavy atom. The lowest BCUT2D eigenvalue weighted by Crippen LogP contribution is -2.15. The summed E-state index contributed by atoms with van der Waals surface area (Å²) in [4.78, 5) is 14.4. The van der Waals surface area contributed by atoms with Crippen LogP contribution in [0.2, 0.25) is 0 Å². The third kappa shape index (κ3) is 2.19. The molecule has 1 heterocycles. The topological polar surface area (TPSA) is 56.0 Å². The number of carbonyl (C=O) groups excluding carboxylic acids is 1. The molecule has 0 aromatic carbocycles. The van der Waals surface area contributed by atoms with Crippen LogP contribution in [0.4, 0.5) is 8.78 Å². The number of nitrogens with two attached hydrogens (primary N) is 1. The Labute approximate surface area is 100 Å². The molecule has 1 aromatic heterocycles. The second-order valence-corrected chi connectivity index (χ2v) is 4.23. The van der Waals surface area contributed by atoms with E-state index in [1.54, 1.807) is 22.6 Å². The van der Waals surface area contributed by atoms with E-state index in [0.717, 1.165) is 6.20 Å². The maximum Gasteiger partial charge on any atom is 0.268 e. The van der Waals surface area contributed by atoms with Gasteiger partial charge in [0.05, 0.1) is 9.13 Å². The van der Waals surface area contributed by atoms with Gasteiger partial charge < -0.3 is 5.73 Å². The van der Waals surface area contributed by atoms with Gasteiger partial charge in [-0.15, -0.1) is 0 Å². The van der Waals surface area contributed by atoms with Crippen molar-refractivity contribution in [2.45, 2.75) is 6.43 Å². The molecular formula is C7H4BrF2IN2O. The quantitative estimate of drug-likeness (QED) is 0.806. The number of nitrogens with zero attached hydrogens (tertiary/aromatic N) is 1. The molecule has 0 spiro atoms. The van der Waals surface area contributed by atoms with Gasteiger partial charge in [0.1, 0.15) is 5.69 Å². The van der Waals surface area contributed by atoms with Gasteiger partial charge in [0, 0.05) is 10.7 Å². The second-order valence-electron chi connectivity index (χ2n) is 2.36. The van der Waals surface area contributed by atoms with Crippen LogP contribution in [-0.2, 0) is 0 Å². The van der Waals surface area contributed by atoms with Crippen molar-refractivity contribution in [3.8, 4) is 0 Å². The van der Waals surface area contributed by atoms with Crippen LogP contribution in [0.3, 0.4) is 0 Å². The number of pyridine rings is 1. The third-order valence-corrected chi connectivity index (χ3v) is 4.10. The number of aromatic nitrogens is 1. The third-order valence-electron chi connectivity index (χ3n) is 1.46. The Bertz CT molecular complexity index is 386. The van der Waals surface area contributed by atoms with E-state index in [1.165, 1.54) is 0 Å². The molecule has 76 valence electrons. The van der Waals surface area contributed by atoms with Crippen molar-refractivity contribution in [2.24, 2.45) is 5.73 Å². The van der Waals surface area contributed by atoms with Crippen LogP contribution in [0.25, 0.3) is 0 Å². The largest absolute Gasteiger partial charge is 0.364 e. The molecular weight excluding hydrogens is 373 g/mol. The van der Waals surface area contributed by atoms with E-state index in [2.05, 4.69) is 20.9 Å². The maximum atomic E-state index is 12.4. The Morgan fingerprint density at radius 1 is 1.64 bits per heavy atom. The highest BCUT2D eigenvalue weighted by Crippen LogP contribution is 2.31. The molecule has 2 N–H and O–H groups in total. The van der Waals surface area contributed by atoms with E-state index in [9.17, 15) is 13.6 Å². The predicted octanol–water partition coefficient (Wildman–Crippen LogP) is 2.49. The SMILES string of the molecule is NC(=O)c1ncc(C(F)F)c(Br)c1I. The molecule has 0 unspecified atom stereocenters. The predicted molar refractivity (Wildman–Crippen MR) is 58.1 cm³/mol. The molecule has 0 atom stereocenters. The Balaban J connectivity index is 3.33. The van der Waals surface area contributed by atoms with Crippen LogP contribution < -0.4 is 5.73 Å². The van der Waals surface area contributed by atoms with Gasteiger partial charge in [0.15, 0.2) is 0 Å². The second kappa shape index (κ2) is 4.47. The minimum absolute atomic E-state index is 0.0122. The highest BCUT2D eigenvalue weighted by atomic mass is 127. The molecule has 0 saturated heterocycles. The van der Waals surface area contributed by atoms with Crippen molar-refractivity contribution >= 4 is 44.4 Å². The average Bonchev–Trinajstić information content (AvgIpc) is 2.08. The molecule has 0 aliphatic carbocycles. The number of hydrogen-bond acceptors (Lipinski definition) is 2. The highest BCUT2D eigenvalue weighted by molar-refractivity contribution is 14.1. The van der Waals surface area contributed by atoms with E-state index in [-0.39, 0.29) is 15.7 Å². The molecule has 0 aliphatic rings. The van der Waals surface area contributed by atoms with Crippen molar-refractivity contribution < 1.29 is 13.6 Å². The summed E-state index contributed by atoms with van der Waals surface area (Å²) in [5, 5.41) is 0. The smallest absolute Gasteiger partial charge is 0.268 e. The van der Waals surface area contributed by atoms with Gasteiger partial charge in [0.25, 0.3) is 12.3 Å². The normalized spacial score (nSPS) is 10.6. The molecule has 0 fully saturated rings. The van der Waals surface area contributed by atoms with Gasteiger partial charge in [-0.05, 0) is 38.5 Å². The fourth-order valence-electron chi connectivity index (χ4n) is 0.802. The molecule has 0 saturated carbocycles. The standard InChI is InChI=1S/C7H4BrF2IN2O/c8-3-2(6(9)10)1-13-5(4(3)11)7(12)14/h1,6H,(H2,12,14). The lowest BCUT2D eigenvalue weighted by atomic mass is 10.2. The minimum atomic E-state index is -2.63. The summed E-state index contributed by atoms with van der Waals surface area (Å²) in [5.74, 6) is -0.740. The summed E-state index contributed by atoms with van der Waals surface area (Å²) in [6, 6.07) is 0. The van der Waals surface area contributed by atoms with Crippen LogP contribution in [0, 0.1) is 3.57 Å². The highest BCUT2D eigenvalue weighted by Gasteiger charge is 2.19. The fraction of sp³-hybridized carbons (Fsp3) is 0.143. The average molecular weight is 377 g/mol. The van der Waals surface area contributed by atoms with Crippen LogP contribution in [0.15, 0.2) is 10.7 Å². The number of hydrogen-bond donors (Lipinski definition) is 1. The van der Waals surface area contributed by atoms with Crippen molar-refractivity contribution in [1.29, 1.82) is 0 Å². The summed E-state index contributed by atoms with van der Waals surface area (Å²) in [5.41, 5.74) is 4.73. The molecule has 14 heavy (non-hydrogen) atoms. The number of halogens is 4. The van der Waals surface area contributed by atoms with Crippen LogP contribution in [-0.4, -0.2) is 10.9 Å². The molecule has 3 nitrogen and oxygen atoms in total. The lowest BCUT2D eigenvalue weighted by Gasteiger charge is -2.06. The summed E-state index contributed by atoms with van der Waals surface area (Å²) in [6.45, 7) is 0. The van der Waals surface area contributed by atoms with Gasteiger partial charge in [-0.2, -0.15) is 0 Å². The number of carbonyl (C=O) groups is 1. The first-order chi connectivity index (χ1) is 6.45. The number of rotatable bonds is 2. The van der Waals surface area contributed by atoms with E-state index in [0.29, 0.717) is 3.57 Å². The van der Waals surface area contributed by atoms with Crippen molar-refractivity contribution in [3.63, 3.8) is 0 Å². The summed E-state index contributed by atoms with van der Waals surface area (Å²) in [7, 11) is 0. The van der Waals surface area contributed by atoms with Gasteiger partial charge in [0.2, 0.25) is 0 Å². The molecule has 0 radical (unpaired) electrons. The minimum Gasteiger partial charge on any atom is -0.364 e. The van der Waals surface area contributed by atoms with Crippen molar-refractivity contribution in [1.82, 2.24) is 4.98 Å². The molecule has 7 heteroatoms.